The number of amides is 1. The first-order chi connectivity index (χ1) is 9.65. The highest BCUT2D eigenvalue weighted by Crippen LogP contribution is 2.19. The fourth-order valence-corrected chi connectivity index (χ4v) is 2.06. The summed E-state index contributed by atoms with van der Waals surface area (Å²) in [7, 11) is 0. The van der Waals surface area contributed by atoms with Crippen molar-refractivity contribution in [3.63, 3.8) is 0 Å². The summed E-state index contributed by atoms with van der Waals surface area (Å²) in [4.78, 5) is 10.4. The molecule has 0 spiro atoms. The lowest BCUT2D eigenvalue weighted by Gasteiger charge is -2.11. The lowest BCUT2D eigenvalue weighted by molar-refractivity contribution is 0.193. The fourth-order valence-electron chi connectivity index (χ4n) is 2.06. The monoisotopic (exact) mass is 270 g/mol. The SMILES string of the molecule is N[C@H](CNC(=O)O)Cc1ccc(-c2ccccc2)cc1. The first-order valence-corrected chi connectivity index (χ1v) is 6.52. The average molecular weight is 270 g/mol. The molecule has 0 aliphatic rings. The van der Waals surface area contributed by atoms with E-state index in [1.54, 1.807) is 0 Å². The minimum absolute atomic E-state index is 0.214. The Bertz CT molecular complexity index is 552. The van der Waals surface area contributed by atoms with Crippen LogP contribution >= 0.6 is 0 Å². The van der Waals surface area contributed by atoms with Gasteiger partial charge in [0.2, 0.25) is 0 Å². The Balaban J connectivity index is 1.96. The van der Waals surface area contributed by atoms with Gasteiger partial charge >= 0.3 is 6.09 Å². The highest BCUT2D eigenvalue weighted by atomic mass is 16.4. The van der Waals surface area contributed by atoms with Crippen LogP contribution in [0.3, 0.4) is 0 Å². The lowest BCUT2D eigenvalue weighted by atomic mass is 10.0. The van der Waals surface area contributed by atoms with E-state index in [-0.39, 0.29) is 12.6 Å². The molecular formula is C16H18N2O2. The van der Waals surface area contributed by atoms with Crippen molar-refractivity contribution in [1.82, 2.24) is 5.32 Å². The van der Waals surface area contributed by atoms with Gasteiger partial charge in [0.05, 0.1) is 0 Å². The maximum absolute atomic E-state index is 10.4. The molecule has 0 heterocycles. The van der Waals surface area contributed by atoms with Crippen LogP contribution < -0.4 is 11.1 Å². The molecule has 0 unspecified atom stereocenters. The number of carboxylic acid groups (broad SMARTS) is 1. The van der Waals surface area contributed by atoms with E-state index < -0.39 is 6.09 Å². The van der Waals surface area contributed by atoms with E-state index >= 15 is 0 Å². The minimum Gasteiger partial charge on any atom is -0.465 e. The van der Waals surface area contributed by atoms with E-state index in [0.717, 1.165) is 11.1 Å². The summed E-state index contributed by atoms with van der Waals surface area (Å²) in [5.41, 5.74) is 9.31. The van der Waals surface area contributed by atoms with Crippen LogP contribution in [-0.4, -0.2) is 23.8 Å². The van der Waals surface area contributed by atoms with Gasteiger partial charge in [0.1, 0.15) is 0 Å². The van der Waals surface area contributed by atoms with Gasteiger partial charge in [-0.25, -0.2) is 4.79 Å². The Morgan fingerprint density at radius 2 is 1.65 bits per heavy atom. The van der Waals surface area contributed by atoms with Crippen LogP contribution in [0.25, 0.3) is 11.1 Å². The largest absolute Gasteiger partial charge is 0.465 e. The molecule has 1 atom stereocenters. The van der Waals surface area contributed by atoms with Crippen LogP contribution in [0, 0.1) is 0 Å². The molecular weight excluding hydrogens is 252 g/mol. The number of nitrogens with two attached hydrogens (primary N) is 1. The predicted octanol–water partition coefficient (Wildman–Crippen LogP) is 2.49. The molecule has 2 aromatic carbocycles. The topological polar surface area (TPSA) is 75.3 Å². The highest BCUT2D eigenvalue weighted by Gasteiger charge is 2.06. The summed E-state index contributed by atoms with van der Waals surface area (Å²) in [5.74, 6) is 0. The van der Waals surface area contributed by atoms with E-state index in [9.17, 15) is 4.79 Å². The molecule has 4 nitrogen and oxygen atoms in total. The number of rotatable bonds is 5. The second-order valence-electron chi connectivity index (χ2n) is 4.71. The van der Waals surface area contributed by atoms with Gasteiger partial charge in [-0.3, -0.25) is 0 Å². The summed E-state index contributed by atoms with van der Waals surface area (Å²) >= 11 is 0. The standard InChI is InChI=1S/C16H18N2O2/c17-15(11-18-16(19)20)10-12-6-8-14(9-7-12)13-4-2-1-3-5-13/h1-9,15,18H,10-11,17H2,(H,19,20)/t15-/m0/s1. The van der Waals surface area contributed by atoms with Gasteiger partial charge < -0.3 is 16.2 Å². The van der Waals surface area contributed by atoms with Gasteiger partial charge in [0.25, 0.3) is 0 Å². The number of hydrogen-bond donors (Lipinski definition) is 3. The van der Waals surface area contributed by atoms with Gasteiger partial charge in [-0.05, 0) is 23.1 Å². The van der Waals surface area contributed by atoms with Crippen molar-refractivity contribution in [2.45, 2.75) is 12.5 Å². The summed E-state index contributed by atoms with van der Waals surface area (Å²) in [6, 6.07) is 18.1. The second-order valence-corrected chi connectivity index (χ2v) is 4.71. The molecule has 2 aromatic rings. The van der Waals surface area contributed by atoms with Crippen molar-refractivity contribution >= 4 is 6.09 Å². The van der Waals surface area contributed by atoms with Crippen LogP contribution in [0.4, 0.5) is 4.79 Å². The number of benzene rings is 2. The molecule has 4 N–H and O–H groups in total. The van der Waals surface area contributed by atoms with Gasteiger partial charge in [-0.2, -0.15) is 0 Å². The van der Waals surface area contributed by atoms with Crippen molar-refractivity contribution < 1.29 is 9.90 Å². The number of hydrogen-bond acceptors (Lipinski definition) is 2. The molecule has 0 saturated carbocycles. The Hall–Kier alpha value is -2.33. The van der Waals surface area contributed by atoms with Crippen LogP contribution in [0.15, 0.2) is 54.6 Å². The van der Waals surface area contributed by atoms with Gasteiger partial charge in [0, 0.05) is 12.6 Å². The Labute approximate surface area is 118 Å². The van der Waals surface area contributed by atoms with E-state index in [1.807, 2.05) is 30.3 Å². The molecule has 0 radical (unpaired) electrons. The van der Waals surface area contributed by atoms with Crippen molar-refractivity contribution in [2.75, 3.05) is 6.54 Å². The van der Waals surface area contributed by atoms with Gasteiger partial charge in [0.15, 0.2) is 0 Å². The van der Waals surface area contributed by atoms with Crippen molar-refractivity contribution in [1.29, 1.82) is 0 Å². The summed E-state index contributed by atoms with van der Waals surface area (Å²) in [6.45, 7) is 0.260. The smallest absolute Gasteiger partial charge is 0.404 e. The first kappa shape index (κ1) is 14.1. The Morgan fingerprint density at radius 3 is 2.25 bits per heavy atom. The van der Waals surface area contributed by atoms with Crippen molar-refractivity contribution in [2.24, 2.45) is 5.73 Å². The van der Waals surface area contributed by atoms with E-state index in [4.69, 9.17) is 10.8 Å². The zero-order chi connectivity index (χ0) is 14.4. The zero-order valence-corrected chi connectivity index (χ0v) is 11.1. The number of carbonyl (C=O) groups is 1. The quantitative estimate of drug-likeness (QED) is 0.781. The maximum Gasteiger partial charge on any atom is 0.404 e. The molecule has 0 aliphatic heterocycles. The van der Waals surface area contributed by atoms with Crippen LogP contribution in [0.2, 0.25) is 0 Å². The fraction of sp³-hybridized carbons (Fsp3) is 0.188. The third-order valence-electron chi connectivity index (χ3n) is 3.07. The first-order valence-electron chi connectivity index (χ1n) is 6.52. The highest BCUT2D eigenvalue weighted by molar-refractivity contribution is 5.64. The van der Waals surface area contributed by atoms with Crippen LogP contribution in [0.5, 0.6) is 0 Å². The second kappa shape index (κ2) is 6.73. The number of nitrogens with one attached hydrogen (secondary N) is 1. The molecule has 20 heavy (non-hydrogen) atoms. The summed E-state index contributed by atoms with van der Waals surface area (Å²) < 4.78 is 0. The Kier molecular flexibility index (Phi) is 4.74. The van der Waals surface area contributed by atoms with E-state index in [2.05, 4.69) is 29.6 Å². The lowest BCUT2D eigenvalue weighted by Crippen LogP contribution is -2.37. The third-order valence-corrected chi connectivity index (χ3v) is 3.07. The van der Waals surface area contributed by atoms with Crippen LogP contribution in [0.1, 0.15) is 5.56 Å². The molecule has 0 saturated heterocycles. The van der Waals surface area contributed by atoms with E-state index in [1.165, 1.54) is 5.56 Å². The molecule has 0 aliphatic carbocycles. The molecule has 0 fully saturated rings. The third kappa shape index (κ3) is 4.10. The normalized spacial score (nSPS) is 11.8. The minimum atomic E-state index is -1.04. The molecule has 2 rings (SSSR count). The zero-order valence-electron chi connectivity index (χ0n) is 11.1. The molecule has 4 heteroatoms. The van der Waals surface area contributed by atoms with E-state index in [0.29, 0.717) is 6.42 Å². The summed E-state index contributed by atoms with van der Waals surface area (Å²) in [6.07, 6.45) is -0.394. The molecule has 0 bridgehead atoms. The van der Waals surface area contributed by atoms with Crippen LogP contribution in [-0.2, 0) is 6.42 Å². The van der Waals surface area contributed by atoms with Gasteiger partial charge in [-0.1, -0.05) is 54.6 Å². The molecule has 0 aromatic heterocycles. The Morgan fingerprint density at radius 1 is 1.05 bits per heavy atom. The van der Waals surface area contributed by atoms with Crippen molar-refractivity contribution in [3.8, 4) is 11.1 Å². The molecule has 104 valence electrons. The average Bonchev–Trinajstić information content (AvgIpc) is 2.47. The molecule has 1 amide bonds. The van der Waals surface area contributed by atoms with Crippen molar-refractivity contribution in [3.05, 3.63) is 60.2 Å². The predicted molar refractivity (Wildman–Crippen MR) is 79.6 cm³/mol. The summed E-state index contributed by atoms with van der Waals surface area (Å²) in [5, 5.41) is 10.8. The van der Waals surface area contributed by atoms with Gasteiger partial charge in [-0.15, -0.1) is 0 Å². The maximum atomic E-state index is 10.4.